The summed E-state index contributed by atoms with van der Waals surface area (Å²) >= 11 is 0. The summed E-state index contributed by atoms with van der Waals surface area (Å²) in [5.74, 6) is 0.521. The van der Waals surface area contributed by atoms with E-state index in [4.69, 9.17) is 4.74 Å². The molecule has 1 aromatic carbocycles. The first-order chi connectivity index (χ1) is 10.7. The fourth-order valence-corrected chi connectivity index (χ4v) is 2.88. The summed E-state index contributed by atoms with van der Waals surface area (Å²) in [6.07, 6.45) is 4.75. The number of halogens is 1. The van der Waals surface area contributed by atoms with Gasteiger partial charge in [0.1, 0.15) is 11.6 Å². The Morgan fingerprint density at radius 3 is 2.59 bits per heavy atom. The SMILES string of the molecule is COC1CCCC(Nc2ccc(-c3ccc(F)cc3)nn2)C1. The number of nitrogens with zero attached hydrogens (tertiary/aromatic N) is 2. The van der Waals surface area contributed by atoms with Crippen molar-refractivity contribution in [2.75, 3.05) is 12.4 Å². The Kier molecular flexibility index (Phi) is 4.63. The van der Waals surface area contributed by atoms with Crippen LogP contribution in [0.3, 0.4) is 0 Å². The molecule has 1 N–H and O–H groups in total. The lowest BCUT2D eigenvalue weighted by Gasteiger charge is -2.29. The van der Waals surface area contributed by atoms with Gasteiger partial charge in [0.05, 0.1) is 11.8 Å². The van der Waals surface area contributed by atoms with Crippen LogP contribution >= 0.6 is 0 Å². The van der Waals surface area contributed by atoms with Crippen LogP contribution in [0.2, 0.25) is 0 Å². The summed E-state index contributed by atoms with van der Waals surface area (Å²) in [5, 5.41) is 11.9. The summed E-state index contributed by atoms with van der Waals surface area (Å²) in [4.78, 5) is 0. The largest absolute Gasteiger partial charge is 0.381 e. The first-order valence-electron chi connectivity index (χ1n) is 7.63. The molecule has 0 bridgehead atoms. The summed E-state index contributed by atoms with van der Waals surface area (Å²) < 4.78 is 18.4. The topological polar surface area (TPSA) is 47.0 Å². The molecule has 1 aliphatic rings. The molecule has 1 saturated carbocycles. The van der Waals surface area contributed by atoms with Gasteiger partial charge in [-0.3, -0.25) is 0 Å². The van der Waals surface area contributed by atoms with E-state index in [-0.39, 0.29) is 5.82 Å². The van der Waals surface area contributed by atoms with E-state index in [0.717, 1.165) is 42.8 Å². The van der Waals surface area contributed by atoms with Crippen molar-refractivity contribution in [3.8, 4) is 11.3 Å². The van der Waals surface area contributed by atoms with Crippen LogP contribution in [0, 0.1) is 5.82 Å². The van der Waals surface area contributed by atoms with E-state index in [1.54, 1.807) is 19.2 Å². The molecule has 1 heterocycles. The van der Waals surface area contributed by atoms with Crippen molar-refractivity contribution in [3.05, 3.63) is 42.2 Å². The molecule has 0 saturated heterocycles. The number of hydrogen-bond acceptors (Lipinski definition) is 4. The van der Waals surface area contributed by atoms with Gasteiger partial charge in [0.25, 0.3) is 0 Å². The molecule has 3 rings (SSSR count). The van der Waals surface area contributed by atoms with Crippen molar-refractivity contribution < 1.29 is 9.13 Å². The molecule has 4 nitrogen and oxygen atoms in total. The predicted octanol–water partition coefficient (Wildman–Crippen LogP) is 3.65. The Bertz CT molecular complexity index is 600. The third kappa shape index (κ3) is 3.60. The molecule has 116 valence electrons. The lowest BCUT2D eigenvalue weighted by atomic mass is 9.93. The minimum absolute atomic E-state index is 0.250. The Labute approximate surface area is 129 Å². The number of aromatic nitrogens is 2. The number of hydrogen-bond donors (Lipinski definition) is 1. The molecule has 1 aliphatic carbocycles. The van der Waals surface area contributed by atoms with Gasteiger partial charge in [-0.15, -0.1) is 10.2 Å². The van der Waals surface area contributed by atoms with Gasteiger partial charge >= 0.3 is 0 Å². The maximum atomic E-state index is 12.9. The first kappa shape index (κ1) is 14.9. The van der Waals surface area contributed by atoms with E-state index in [2.05, 4.69) is 15.5 Å². The third-order valence-corrected chi connectivity index (χ3v) is 4.12. The van der Waals surface area contributed by atoms with Crippen molar-refractivity contribution in [1.82, 2.24) is 10.2 Å². The Morgan fingerprint density at radius 1 is 1.09 bits per heavy atom. The lowest BCUT2D eigenvalue weighted by Crippen LogP contribution is -2.31. The summed E-state index contributed by atoms with van der Waals surface area (Å²) in [7, 11) is 1.77. The number of benzene rings is 1. The number of methoxy groups -OCH3 is 1. The van der Waals surface area contributed by atoms with Crippen molar-refractivity contribution >= 4 is 5.82 Å². The normalized spacial score (nSPS) is 21.5. The van der Waals surface area contributed by atoms with Crippen molar-refractivity contribution in [2.24, 2.45) is 0 Å². The van der Waals surface area contributed by atoms with Crippen LogP contribution in [0.4, 0.5) is 10.2 Å². The van der Waals surface area contributed by atoms with E-state index in [0.29, 0.717) is 12.1 Å². The van der Waals surface area contributed by atoms with E-state index >= 15 is 0 Å². The number of ether oxygens (including phenoxy) is 1. The van der Waals surface area contributed by atoms with Gasteiger partial charge in [-0.25, -0.2) is 4.39 Å². The van der Waals surface area contributed by atoms with Crippen LogP contribution in [-0.4, -0.2) is 29.5 Å². The van der Waals surface area contributed by atoms with Gasteiger partial charge in [-0.05, 0) is 62.1 Å². The smallest absolute Gasteiger partial charge is 0.148 e. The third-order valence-electron chi connectivity index (χ3n) is 4.12. The standard InChI is InChI=1S/C17H20FN3O/c1-22-15-4-2-3-14(11-15)19-17-10-9-16(20-21-17)12-5-7-13(18)8-6-12/h5-10,14-15H,2-4,11H2,1H3,(H,19,21). The summed E-state index contributed by atoms with van der Waals surface area (Å²) in [6.45, 7) is 0. The minimum atomic E-state index is -0.250. The van der Waals surface area contributed by atoms with Crippen LogP contribution in [-0.2, 0) is 4.74 Å². The number of rotatable bonds is 4. The highest BCUT2D eigenvalue weighted by Crippen LogP contribution is 2.24. The lowest BCUT2D eigenvalue weighted by molar-refractivity contribution is 0.0669. The molecule has 0 amide bonds. The molecule has 1 aromatic heterocycles. The van der Waals surface area contributed by atoms with Gasteiger partial charge in [-0.2, -0.15) is 0 Å². The van der Waals surface area contributed by atoms with Gasteiger partial charge in [-0.1, -0.05) is 0 Å². The van der Waals surface area contributed by atoms with Crippen LogP contribution in [0.1, 0.15) is 25.7 Å². The van der Waals surface area contributed by atoms with E-state index in [1.807, 2.05) is 12.1 Å². The predicted molar refractivity (Wildman–Crippen MR) is 84.1 cm³/mol. The van der Waals surface area contributed by atoms with Crippen molar-refractivity contribution in [2.45, 2.75) is 37.8 Å². The van der Waals surface area contributed by atoms with Crippen LogP contribution < -0.4 is 5.32 Å². The highest BCUT2D eigenvalue weighted by atomic mass is 19.1. The quantitative estimate of drug-likeness (QED) is 0.936. The van der Waals surface area contributed by atoms with Gasteiger partial charge in [0, 0.05) is 18.7 Å². The molecule has 2 aromatic rings. The Hall–Kier alpha value is -2.01. The zero-order chi connectivity index (χ0) is 15.4. The second kappa shape index (κ2) is 6.83. The molecule has 0 aliphatic heterocycles. The second-order valence-corrected chi connectivity index (χ2v) is 5.68. The Morgan fingerprint density at radius 2 is 1.91 bits per heavy atom. The molecular weight excluding hydrogens is 281 g/mol. The molecule has 2 atom stereocenters. The fourth-order valence-electron chi connectivity index (χ4n) is 2.88. The average Bonchev–Trinajstić information content (AvgIpc) is 2.57. The first-order valence-corrected chi connectivity index (χ1v) is 7.63. The molecule has 5 heteroatoms. The highest BCUT2D eigenvalue weighted by Gasteiger charge is 2.21. The van der Waals surface area contributed by atoms with Crippen LogP contribution in [0.25, 0.3) is 11.3 Å². The number of nitrogens with one attached hydrogen (secondary N) is 1. The van der Waals surface area contributed by atoms with Crippen LogP contribution in [0.15, 0.2) is 36.4 Å². The average molecular weight is 301 g/mol. The highest BCUT2D eigenvalue weighted by molar-refractivity contribution is 5.59. The van der Waals surface area contributed by atoms with Gasteiger partial charge < -0.3 is 10.1 Å². The molecule has 0 radical (unpaired) electrons. The molecule has 0 spiro atoms. The summed E-state index contributed by atoms with van der Waals surface area (Å²) in [6, 6.07) is 10.5. The van der Waals surface area contributed by atoms with Crippen molar-refractivity contribution in [1.29, 1.82) is 0 Å². The summed E-state index contributed by atoms with van der Waals surface area (Å²) in [5.41, 5.74) is 1.60. The van der Waals surface area contributed by atoms with E-state index < -0.39 is 0 Å². The zero-order valence-corrected chi connectivity index (χ0v) is 12.6. The second-order valence-electron chi connectivity index (χ2n) is 5.68. The van der Waals surface area contributed by atoms with Gasteiger partial charge in [0.15, 0.2) is 0 Å². The molecule has 1 fully saturated rings. The minimum Gasteiger partial charge on any atom is -0.381 e. The van der Waals surface area contributed by atoms with E-state index in [1.165, 1.54) is 12.1 Å². The Balaban J connectivity index is 1.65. The maximum Gasteiger partial charge on any atom is 0.148 e. The van der Waals surface area contributed by atoms with Gasteiger partial charge in [0.2, 0.25) is 0 Å². The van der Waals surface area contributed by atoms with E-state index in [9.17, 15) is 4.39 Å². The zero-order valence-electron chi connectivity index (χ0n) is 12.6. The molecule has 2 unspecified atom stereocenters. The molecule has 22 heavy (non-hydrogen) atoms. The number of anilines is 1. The monoisotopic (exact) mass is 301 g/mol. The van der Waals surface area contributed by atoms with Crippen molar-refractivity contribution in [3.63, 3.8) is 0 Å². The van der Waals surface area contributed by atoms with Crippen LogP contribution in [0.5, 0.6) is 0 Å². The fraction of sp³-hybridized carbons (Fsp3) is 0.412. The molecular formula is C17H20FN3O. The maximum absolute atomic E-state index is 12.9.